The van der Waals surface area contributed by atoms with Crippen molar-refractivity contribution < 1.29 is 18.7 Å². The molecule has 1 saturated heterocycles. The summed E-state index contributed by atoms with van der Waals surface area (Å²) in [5.41, 5.74) is 2.60. The molecule has 0 radical (unpaired) electrons. The number of amides is 2. The zero-order valence-electron chi connectivity index (χ0n) is 20.0. The van der Waals surface area contributed by atoms with E-state index >= 15 is 0 Å². The Labute approximate surface area is 213 Å². The van der Waals surface area contributed by atoms with Gasteiger partial charge in [-0.1, -0.05) is 48.2 Å². The maximum Gasteiger partial charge on any atom is 0.243 e. The number of allylic oxidation sites excluding steroid dienone is 1. The van der Waals surface area contributed by atoms with Crippen LogP contribution in [0.4, 0.5) is 5.69 Å². The number of carbonyl (C=O) groups excluding carboxylic acids is 2. The van der Waals surface area contributed by atoms with Gasteiger partial charge in [0.2, 0.25) is 11.8 Å². The first kappa shape index (κ1) is 25.0. The monoisotopic (exact) mass is 502 g/mol. The molecule has 0 bridgehead atoms. The Balaban J connectivity index is 1.46. The minimum absolute atomic E-state index is 0.000143. The van der Waals surface area contributed by atoms with Crippen LogP contribution < -0.4 is 10.1 Å². The van der Waals surface area contributed by atoms with Crippen LogP contribution in [-0.4, -0.2) is 40.5 Å². The average Bonchev–Trinajstić information content (AvgIpc) is 3.49. The molecule has 1 aliphatic rings. The largest absolute Gasteiger partial charge is 0.497 e. The fourth-order valence-electron chi connectivity index (χ4n) is 3.49. The van der Waals surface area contributed by atoms with Crippen LogP contribution in [0.25, 0.3) is 6.08 Å². The van der Waals surface area contributed by atoms with Crippen LogP contribution in [-0.2, 0) is 16.1 Å². The SMILES string of the molecule is COc1ccc(NC(=O)CC2S\C(=N/N=C/C(C)=C/c3ccccc3)N(Cc3ccco3)C2=O)cc1. The van der Waals surface area contributed by atoms with Crippen molar-refractivity contribution >= 4 is 46.7 Å². The molecule has 36 heavy (non-hydrogen) atoms. The number of amidine groups is 1. The van der Waals surface area contributed by atoms with E-state index in [-0.39, 0.29) is 24.8 Å². The number of carbonyl (C=O) groups is 2. The summed E-state index contributed by atoms with van der Waals surface area (Å²) < 4.78 is 10.6. The molecule has 8 nitrogen and oxygen atoms in total. The highest BCUT2D eigenvalue weighted by atomic mass is 32.2. The second-order valence-electron chi connectivity index (χ2n) is 8.02. The van der Waals surface area contributed by atoms with Crippen molar-refractivity contribution in [3.8, 4) is 5.75 Å². The van der Waals surface area contributed by atoms with Gasteiger partial charge in [-0.15, -0.1) is 5.10 Å². The lowest BCUT2D eigenvalue weighted by atomic mass is 10.1. The molecule has 0 aliphatic carbocycles. The van der Waals surface area contributed by atoms with Crippen LogP contribution >= 0.6 is 11.8 Å². The van der Waals surface area contributed by atoms with Crippen molar-refractivity contribution in [2.75, 3.05) is 12.4 Å². The number of hydrogen-bond acceptors (Lipinski definition) is 7. The maximum atomic E-state index is 13.2. The van der Waals surface area contributed by atoms with Crippen molar-refractivity contribution in [1.82, 2.24) is 4.90 Å². The van der Waals surface area contributed by atoms with Gasteiger partial charge < -0.3 is 14.5 Å². The van der Waals surface area contributed by atoms with Crippen molar-refractivity contribution in [3.63, 3.8) is 0 Å². The van der Waals surface area contributed by atoms with Crippen LogP contribution in [0.1, 0.15) is 24.7 Å². The molecule has 2 aromatic carbocycles. The van der Waals surface area contributed by atoms with Gasteiger partial charge in [-0.3, -0.25) is 14.5 Å². The number of anilines is 1. The van der Waals surface area contributed by atoms with E-state index in [0.29, 0.717) is 22.4 Å². The van der Waals surface area contributed by atoms with Gasteiger partial charge in [0.15, 0.2) is 5.17 Å². The first-order chi connectivity index (χ1) is 17.5. The van der Waals surface area contributed by atoms with Crippen LogP contribution in [0.15, 0.2) is 93.2 Å². The smallest absolute Gasteiger partial charge is 0.243 e. The molecule has 1 aromatic heterocycles. The quantitative estimate of drug-likeness (QED) is 0.320. The molecule has 1 fully saturated rings. The lowest BCUT2D eigenvalue weighted by molar-refractivity contribution is -0.128. The zero-order valence-corrected chi connectivity index (χ0v) is 20.8. The fraction of sp³-hybridized carbons (Fsp3) is 0.185. The third-order valence-corrected chi connectivity index (χ3v) is 6.42. The van der Waals surface area contributed by atoms with Gasteiger partial charge in [0, 0.05) is 12.1 Å². The van der Waals surface area contributed by atoms with E-state index in [1.165, 1.54) is 16.7 Å². The van der Waals surface area contributed by atoms with E-state index in [2.05, 4.69) is 15.5 Å². The zero-order chi connectivity index (χ0) is 25.3. The molecule has 0 spiro atoms. The Morgan fingerprint density at radius 1 is 1.14 bits per heavy atom. The summed E-state index contributed by atoms with van der Waals surface area (Å²) in [7, 11) is 1.58. The van der Waals surface area contributed by atoms with E-state index in [9.17, 15) is 9.59 Å². The van der Waals surface area contributed by atoms with Crippen molar-refractivity contribution in [3.05, 3.63) is 89.9 Å². The first-order valence-corrected chi connectivity index (χ1v) is 12.2. The van der Waals surface area contributed by atoms with Crippen LogP contribution in [0.5, 0.6) is 5.75 Å². The fourth-order valence-corrected chi connectivity index (χ4v) is 4.59. The summed E-state index contributed by atoms with van der Waals surface area (Å²) in [4.78, 5) is 27.3. The van der Waals surface area contributed by atoms with Crippen molar-refractivity contribution in [2.45, 2.75) is 25.1 Å². The van der Waals surface area contributed by atoms with Gasteiger partial charge in [0.1, 0.15) is 16.8 Å². The second-order valence-corrected chi connectivity index (χ2v) is 9.19. The van der Waals surface area contributed by atoms with Gasteiger partial charge in [-0.2, -0.15) is 5.10 Å². The Morgan fingerprint density at radius 3 is 2.61 bits per heavy atom. The molecule has 1 atom stereocenters. The van der Waals surface area contributed by atoms with E-state index < -0.39 is 5.25 Å². The van der Waals surface area contributed by atoms with Crippen LogP contribution in [0.2, 0.25) is 0 Å². The minimum atomic E-state index is -0.617. The summed E-state index contributed by atoms with van der Waals surface area (Å²) in [6.45, 7) is 2.14. The molecule has 1 unspecified atom stereocenters. The molecule has 9 heteroatoms. The molecule has 4 rings (SSSR count). The summed E-state index contributed by atoms with van der Waals surface area (Å²) in [6, 6.07) is 20.5. The van der Waals surface area contributed by atoms with Crippen LogP contribution in [0, 0.1) is 0 Å². The normalized spacial score (nSPS) is 17.2. The molecule has 1 N–H and O–H groups in total. The Kier molecular flexibility index (Phi) is 8.36. The molecule has 3 aromatic rings. The number of benzene rings is 2. The third-order valence-electron chi connectivity index (χ3n) is 5.26. The van der Waals surface area contributed by atoms with Gasteiger partial charge in [0.05, 0.1) is 26.1 Å². The van der Waals surface area contributed by atoms with E-state index in [1.54, 1.807) is 56.0 Å². The highest BCUT2D eigenvalue weighted by molar-refractivity contribution is 8.15. The molecule has 184 valence electrons. The van der Waals surface area contributed by atoms with Gasteiger partial charge >= 0.3 is 0 Å². The molecule has 0 saturated carbocycles. The molecular formula is C27H26N4O4S. The number of ether oxygens (including phenoxy) is 1. The molecular weight excluding hydrogens is 476 g/mol. The summed E-state index contributed by atoms with van der Waals surface area (Å²) in [6.07, 6.45) is 5.18. The number of hydrogen-bond donors (Lipinski definition) is 1. The number of thioether (sulfide) groups is 1. The highest BCUT2D eigenvalue weighted by Gasteiger charge is 2.39. The number of methoxy groups -OCH3 is 1. The predicted molar refractivity (Wildman–Crippen MR) is 143 cm³/mol. The highest BCUT2D eigenvalue weighted by Crippen LogP contribution is 2.31. The van der Waals surface area contributed by atoms with Crippen molar-refractivity contribution in [2.24, 2.45) is 10.2 Å². The lowest BCUT2D eigenvalue weighted by Crippen LogP contribution is -2.33. The third kappa shape index (κ3) is 6.73. The Bertz CT molecular complexity index is 1270. The molecule has 2 amide bonds. The number of nitrogens with one attached hydrogen (secondary N) is 1. The van der Waals surface area contributed by atoms with Gasteiger partial charge in [-0.25, -0.2) is 0 Å². The summed E-state index contributed by atoms with van der Waals surface area (Å²) in [5, 5.41) is 11.1. The number of nitrogens with zero attached hydrogens (tertiary/aromatic N) is 3. The lowest BCUT2D eigenvalue weighted by Gasteiger charge is -2.14. The van der Waals surface area contributed by atoms with E-state index in [0.717, 1.165) is 11.1 Å². The van der Waals surface area contributed by atoms with Gasteiger partial charge in [-0.05, 0) is 54.5 Å². The summed E-state index contributed by atoms with van der Waals surface area (Å²) in [5.74, 6) is 0.824. The standard InChI is InChI=1S/C27H26N4O4S/c1-19(15-20-7-4-3-5-8-20)17-28-30-27-31(18-23-9-6-14-35-23)26(33)24(36-27)16-25(32)29-21-10-12-22(34-2)13-11-21/h3-15,17,24H,16,18H2,1-2H3,(H,29,32)/b19-15+,28-17+,30-27-. The second kappa shape index (κ2) is 12.0. The van der Waals surface area contributed by atoms with Gasteiger partial charge in [0.25, 0.3) is 0 Å². The number of rotatable bonds is 9. The van der Waals surface area contributed by atoms with E-state index in [4.69, 9.17) is 9.15 Å². The molecule has 2 heterocycles. The predicted octanol–water partition coefficient (Wildman–Crippen LogP) is 5.21. The number of furan rings is 1. The van der Waals surface area contributed by atoms with Crippen molar-refractivity contribution in [1.29, 1.82) is 0 Å². The summed E-state index contributed by atoms with van der Waals surface area (Å²) >= 11 is 1.22. The van der Waals surface area contributed by atoms with E-state index in [1.807, 2.05) is 43.3 Å². The first-order valence-electron chi connectivity index (χ1n) is 11.3. The van der Waals surface area contributed by atoms with Crippen LogP contribution in [0.3, 0.4) is 0 Å². The maximum absolute atomic E-state index is 13.2. The average molecular weight is 503 g/mol. The topological polar surface area (TPSA) is 96.5 Å². The Hall–Kier alpha value is -4.11. The molecule has 1 aliphatic heterocycles. The Morgan fingerprint density at radius 2 is 1.92 bits per heavy atom. The minimum Gasteiger partial charge on any atom is -0.497 e.